The highest BCUT2D eigenvalue weighted by Gasteiger charge is 2.34. The Balaban J connectivity index is 2.77. The molecule has 0 amide bonds. The smallest absolute Gasteiger partial charge is 0.417 e. The Morgan fingerprint density at radius 1 is 1.27 bits per heavy atom. The van der Waals surface area contributed by atoms with Gasteiger partial charge in [0.05, 0.1) is 15.3 Å². The van der Waals surface area contributed by atoms with Crippen molar-refractivity contribution in [2.45, 2.75) is 6.18 Å². The molecule has 6 heteroatoms. The third-order valence-corrected chi connectivity index (χ3v) is 3.47. The van der Waals surface area contributed by atoms with Gasteiger partial charge in [-0.25, -0.2) is 0 Å². The lowest BCUT2D eigenvalue weighted by molar-refractivity contribution is -0.137. The summed E-state index contributed by atoms with van der Waals surface area (Å²) >= 11 is 6.61. The number of hydrogen-bond acceptors (Lipinski definition) is 2. The maximum absolute atomic E-state index is 12.4. The molecule has 0 spiro atoms. The standard InChI is InChI=1S/C9H4ClF3OS/c10-7-5(9(11,12)13)2-1-4-6(14)3-15-8(4)7/h1-3,14H. The fourth-order valence-corrected chi connectivity index (χ4v) is 2.55. The van der Waals surface area contributed by atoms with E-state index in [-0.39, 0.29) is 15.5 Å². The third-order valence-electron chi connectivity index (χ3n) is 1.97. The number of rotatable bonds is 0. The average Bonchev–Trinajstić information content (AvgIpc) is 2.47. The van der Waals surface area contributed by atoms with E-state index in [2.05, 4.69) is 0 Å². The summed E-state index contributed by atoms with van der Waals surface area (Å²) in [6.45, 7) is 0. The molecule has 0 radical (unpaired) electrons. The summed E-state index contributed by atoms with van der Waals surface area (Å²) in [5.74, 6) is -0.0503. The molecule has 0 aliphatic carbocycles. The highest BCUT2D eigenvalue weighted by Crippen LogP contribution is 2.43. The van der Waals surface area contributed by atoms with Crippen LogP contribution in [0.2, 0.25) is 5.02 Å². The van der Waals surface area contributed by atoms with E-state index in [0.717, 1.165) is 17.4 Å². The molecule has 15 heavy (non-hydrogen) atoms. The fraction of sp³-hybridized carbons (Fsp3) is 0.111. The molecule has 0 unspecified atom stereocenters. The highest BCUT2D eigenvalue weighted by molar-refractivity contribution is 7.18. The molecule has 1 nitrogen and oxygen atoms in total. The van der Waals surface area contributed by atoms with Crippen LogP contribution in [0.3, 0.4) is 0 Å². The molecule has 1 aromatic heterocycles. The van der Waals surface area contributed by atoms with Crippen molar-refractivity contribution in [3.8, 4) is 5.75 Å². The van der Waals surface area contributed by atoms with Crippen LogP contribution in [0.4, 0.5) is 13.2 Å². The lowest BCUT2D eigenvalue weighted by Crippen LogP contribution is -2.05. The second-order valence-corrected chi connectivity index (χ2v) is 4.18. The van der Waals surface area contributed by atoms with E-state index in [9.17, 15) is 18.3 Å². The normalized spacial score (nSPS) is 12.3. The minimum absolute atomic E-state index is 0.0503. The molecule has 1 heterocycles. The maximum atomic E-state index is 12.4. The van der Waals surface area contributed by atoms with Gasteiger partial charge in [-0.15, -0.1) is 11.3 Å². The van der Waals surface area contributed by atoms with Gasteiger partial charge in [-0.3, -0.25) is 0 Å². The summed E-state index contributed by atoms with van der Waals surface area (Å²) in [6, 6.07) is 2.09. The number of thiophene rings is 1. The van der Waals surface area contributed by atoms with Crippen molar-refractivity contribution in [2.24, 2.45) is 0 Å². The van der Waals surface area contributed by atoms with E-state index >= 15 is 0 Å². The van der Waals surface area contributed by atoms with Crippen molar-refractivity contribution >= 4 is 33.0 Å². The van der Waals surface area contributed by atoms with Crippen LogP contribution in [0.25, 0.3) is 10.1 Å². The first kappa shape index (κ1) is 10.6. The number of hydrogen-bond donors (Lipinski definition) is 1. The molecule has 1 N–H and O–H groups in total. The molecule has 0 bridgehead atoms. The van der Waals surface area contributed by atoms with E-state index in [1.807, 2.05) is 0 Å². The molecule has 0 atom stereocenters. The lowest BCUT2D eigenvalue weighted by atomic mass is 10.1. The van der Waals surface area contributed by atoms with Crippen LogP contribution in [0.15, 0.2) is 17.5 Å². The first-order valence-electron chi connectivity index (χ1n) is 3.87. The first-order valence-corrected chi connectivity index (χ1v) is 5.13. The minimum atomic E-state index is -4.47. The topological polar surface area (TPSA) is 20.2 Å². The van der Waals surface area contributed by atoms with Crippen LogP contribution in [-0.2, 0) is 6.18 Å². The third kappa shape index (κ3) is 1.66. The molecule has 0 saturated carbocycles. The molecule has 0 fully saturated rings. The van der Waals surface area contributed by atoms with Gasteiger partial charge < -0.3 is 5.11 Å². The Hall–Kier alpha value is -0.940. The molecular formula is C9H4ClF3OS. The quantitative estimate of drug-likeness (QED) is 0.742. The Bertz CT molecular complexity index is 518. The first-order chi connectivity index (χ1) is 6.91. The molecule has 2 rings (SSSR count). The van der Waals surface area contributed by atoms with Gasteiger partial charge in [0, 0.05) is 10.8 Å². The molecule has 80 valence electrons. The van der Waals surface area contributed by atoms with E-state index in [0.29, 0.717) is 5.39 Å². The van der Waals surface area contributed by atoms with E-state index in [1.165, 1.54) is 11.4 Å². The van der Waals surface area contributed by atoms with E-state index in [1.54, 1.807) is 0 Å². The summed E-state index contributed by atoms with van der Waals surface area (Å²) in [7, 11) is 0. The number of benzene rings is 1. The fourth-order valence-electron chi connectivity index (χ4n) is 1.27. The second kappa shape index (κ2) is 3.28. The predicted octanol–water partition coefficient (Wildman–Crippen LogP) is 4.28. The van der Waals surface area contributed by atoms with E-state index < -0.39 is 11.7 Å². The van der Waals surface area contributed by atoms with E-state index in [4.69, 9.17) is 11.6 Å². The van der Waals surface area contributed by atoms with Gasteiger partial charge in [0.2, 0.25) is 0 Å². The Morgan fingerprint density at radius 3 is 2.53 bits per heavy atom. The van der Waals surface area contributed by atoms with Gasteiger partial charge in [-0.1, -0.05) is 11.6 Å². The molecule has 0 aliphatic heterocycles. The van der Waals surface area contributed by atoms with Gasteiger partial charge in [0.1, 0.15) is 5.75 Å². The van der Waals surface area contributed by atoms with Crippen molar-refractivity contribution in [3.63, 3.8) is 0 Å². The predicted molar refractivity (Wildman–Crippen MR) is 53.5 cm³/mol. The van der Waals surface area contributed by atoms with Crippen molar-refractivity contribution in [3.05, 3.63) is 28.1 Å². The summed E-state index contributed by atoms with van der Waals surface area (Å²) in [5.41, 5.74) is -0.876. The van der Waals surface area contributed by atoms with Gasteiger partial charge in [-0.05, 0) is 12.1 Å². The Labute approximate surface area is 91.7 Å². The molecule has 0 saturated heterocycles. The van der Waals surface area contributed by atoms with Crippen LogP contribution in [0.5, 0.6) is 5.75 Å². The minimum Gasteiger partial charge on any atom is -0.506 e. The molecule has 2 aromatic rings. The molecule has 1 aromatic carbocycles. The van der Waals surface area contributed by atoms with Crippen molar-refractivity contribution in [2.75, 3.05) is 0 Å². The second-order valence-electron chi connectivity index (χ2n) is 2.92. The van der Waals surface area contributed by atoms with Crippen LogP contribution in [0.1, 0.15) is 5.56 Å². The van der Waals surface area contributed by atoms with Crippen molar-refractivity contribution < 1.29 is 18.3 Å². The zero-order chi connectivity index (χ0) is 11.2. The number of aromatic hydroxyl groups is 1. The number of alkyl halides is 3. The monoisotopic (exact) mass is 252 g/mol. The Kier molecular flexibility index (Phi) is 2.31. The summed E-state index contributed by atoms with van der Waals surface area (Å²) < 4.78 is 37.6. The number of halogens is 4. The molecule has 0 aliphatic rings. The number of fused-ring (bicyclic) bond motifs is 1. The lowest BCUT2D eigenvalue weighted by Gasteiger charge is -2.08. The maximum Gasteiger partial charge on any atom is 0.417 e. The zero-order valence-electron chi connectivity index (χ0n) is 7.10. The van der Waals surface area contributed by atoms with Crippen LogP contribution in [0, 0.1) is 0 Å². The SMILES string of the molecule is Oc1csc2c(Cl)c(C(F)(F)F)ccc12. The average molecular weight is 253 g/mol. The Morgan fingerprint density at radius 2 is 1.93 bits per heavy atom. The van der Waals surface area contributed by atoms with Crippen LogP contribution in [-0.4, -0.2) is 5.11 Å². The van der Waals surface area contributed by atoms with Gasteiger partial charge in [0.25, 0.3) is 0 Å². The van der Waals surface area contributed by atoms with Crippen LogP contribution < -0.4 is 0 Å². The van der Waals surface area contributed by atoms with Gasteiger partial charge in [0.15, 0.2) is 0 Å². The summed E-state index contributed by atoms with van der Waals surface area (Å²) in [6.07, 6.45) is -4.47. The van der Waals surface area contributed by atoms with Crippen molar-refractivity contribution in [1.82, 2.24) is 0 Å². The van der Waals surface area contributed by atoms with Gasteiger partial charge >= 0.3 is 6.18 Å². The zero-order valence-corrected chi connectivity index (χ0v) is 8.67. The molecular weight excluding hydrogens is 249 g/mol. The summed E-state index contributed by atoms with van der Waals surface area (Å²) in [5, 5.41) is 10.6. The highest BCUT2D eigenvalue weighted by atomic mass is 35.5. The van der Waals surface area contributed by atoms with Gasteiger partial charge in [-0.2, -0.15) is 13.2 Å². The largest absolute Gasteiger partial charge is 0.506 e. The summed E-state index contributed by atoms with van der Waals surface area (Å²) in [4.78, 5) is 0. The van der Waals surface area contributed by atoms with Crippen molar-refractivity contribution in [1.29, 1.82) is 0 Å². The van der Waals surface area contributed by atoms with Crippen LogP contribution >= 0.6 is 22.9 Å².